The lowest BCUT2D eigenvalue weighted by atomic mass is 10.0. The van der Waals surface area contributed by atoms with Crippen molar-refractivity contribution in [3.8, 4) is 5.69 Å². The average Bonchev–Trinajstić information content (AvgIpc) is 3.16. The Hall–Kier alpha value is -2.02. The summed E-state index contributed by atoms with van der Waals surface area (Å²) in [5.74, 6) is 0.00263. The minimum Gasteiger partial charge on any atom is -0.352 e. The maximum absolute atomic E-state index is 13.1. The topological polar surface area (TPSA) is 51.1 Å². The molecule has 1 atom stereocenters. The number of hydrogen-bond donors (Lipinski definition) is 1. The summed E-state index contributed by atoms with van der Waals surface area (Å²) in [6.07, 6.45) is 0.582. The van der Waals surface area contributed by atoms with Crippen LogP contribution < -0.4 is 10.7 Å². The first kappa shape index (κ1) is 21.2. The van der Waals surface area contributed by atoms with Gasteiger partial charge in [0.2, 0.25) is 0 Å². The van der Waals surface area contributed by atoms with Gasteiger partial charge >= 0.3 is 0 Å². The molecule has 3 heterocycles. The number of halogens is 1. The highest BCUT2D eigenvalue weighted by atomic mass is 35.5. The molecule has 0 aliphatic carbocycles. The standard InChI is InChI=1S/C23H23ClN2O2S2/c1-13(2)12-25-23(28)22-17-11-21(19-5-4-8-29-19)30-20-10-15(24)6-7-16(20)26(17)14(3)9-18(22)27/h4-10,13,21H,11-12H2,1-3H3,(H,25,28). The third kappa shape index (κ3) is 4.09. The summed E-state index contributed by atoms with van der Waals surface area (Å²) in [7, 11) is 0. The van der Waals surface area contributed by atoms with Gasteiger partial charge in [-0.3, -0.25) is 9.59 Å². The Kier molecular flexibility index (Phi) is 6.09. The van der Waals surface area contributed by atoms with Crippen molar-refractivity contribution in [1.29, 1.82) is 0 Å². The number of benzene rings is 1. The number of rotatable bonds is 4. The molecule has 7 heteroatoms. The molecule has 0 saturated carbocycles. The Morgan fingerprint density at radius 3 is 2.80 bits per heavy atom. The van der Waals surface area contributed by atoms with Crippen molar-refractivity contribution in [1.82, 2.24) is 9.88 Å². The number of carbonyl (C=O) groups excluding carboxylic acids is 1. The van der Waals surface area contributed by atoms with Crippen molar-refractivity contribution < 1.29 is 4.79 Å². The van der Waals surface area contributed by atoms with E-state index in [4.69, 9.17) is 11.6 Å². The van der Waals surface area contributed by atoms with E-state index in [1.54, 1.807) is 29.2 Å². The van der Waals surface area contributed by atoms with Gasteiger partial charge in [0.15, 0.2) is 5.43 Å². The van der Waals surface area contributed by atoms with Gasteiger partial charge in [0.05, 0.1) is 5.69 Å². The molecule has 0 spiro atoms. The van der Waals surface area contributed by atoms with Gasteiger partial charge in [0.1, 0.15) is 5.56 Å². The fourth-order valence-electron chi connectivity index (χ4n) is 3.72. The largest absolute Gasteiger partial charge is 0.352 e. The number of thioether (sulfide) groups is 1. The van der Waals surface area contributed by atoms with Gasteiger partial charge in [-0.25, -0.2) is 0 Å². The van der Waals surface area contributed by atoms with Crippen LogP contribution in [0.15, 0.2) is 51.5 Å². The average molecular weight is 459 g/mol. The van der Waals surface area contributed by atoms with Crippen molar-refractivity contribution in [2.75, 3.05) is 6.54 Å². The minimum atomic E-state index is -0.301. The second-order valence-corrected chi connectivity index (χ2v) is 10.5. The summed E-state index contributed by atoms with van der Waals surface area (Å²) in [5.41, 5.74) is 2.53. The second-order valence-electron chi connectivity index (χ2n) is 7.85. The number of pyridine rings is 1. The minimum absolute atomic E-state index is 0.0915. The van der Waals surface area contributed by atoms with Gasteiger partial charge in [-0.1, -0.05) is 31.5 Å². The predicted molar refractivity (Wildman–Crippen MR) is 126 cm³/mol. The number of fused-ring (bicyclic) bond motifs is 3. The van der Waals surface area contributed by atoms with E-state index in [1.807, 2.05) is 45.0 Å². The zero-order chi connectivity index (χ0) is 21.4. The molecular formula is C23H23ClN2O2S2. The van der Waals surface area contributed by atoms with E-state index in [1.165, 1.54) is 4.88 Å². The van der Waals surface area contributed by atoms with Crippen LogP contribution in [0, 0.1) is 12.8 Å². The number of hydrogen-bond acceptors (Lipinski definition) is 4. The first-order valence-corrected chi connectivity index (χ1v) is 12.0. The lowest BCUT2D eigenvalue weighted by Gasteiger charge is -2.20. The summed E-state index contributed by atoms with van der Waals surface area (Å²) in [6, 6.07) is 11.5. The van der Waals surface area contributed by atoms with Crippen LogP contribution in [0.3, 0.4) is 0 Å². The maximum atomic E-state index is 13.1. The Morgan fingerprint density at radius 1 is 1.30 bits per heavy atom. The molecule has 3 aromatic rings. The summed E-state index contributed by atoms with van der Waals surface area (Å²) in [4.78, 5) is 28.3. The molecule has 0 radical (unpaired) electrons. The van der Waals surface area contributed by atoms with Crippen LogP contribution in [0.25, 0.3) is 5.69 Å². The highest BCUT2D eigenvalue weighted by Gasteiger charge is 2.29. The maximum Gasteiger partial charge on any atom is 0.257 e. The Balaban J connectivity index is 1.94. The number of aromatic nitrogens is 1. The third-order valence-electron chi connectivity index (χ3n) is 5.07. The van der Waals surface area contributed by atoms with Gasteiger partial charge in [-0.15, -0.1) is 23.1 Å². The molecule has 2 aromatic heterocycles. The second kappa shape index (κ2) is 8.61. The van der Waals surface area contributed by atoms with Crippen LogP contribution in [0.4, 0.5) is 0 Å². The van der Waals surface area contributed by atoms with E-state index in [2.05, 4.69) is 21.3 Å². The summed E-state index contributed by atoms with van der Waals surface area (Å²) in [6.45, 7) is 6.51. The van der Waals surface area contributed by atoms with Crippen molar-refractivity contribution in [3.63, 3.8) is 0 Å². The smallest absolute Gasteiger partial charge is 0.257 e. The quantitative estimate of drug-likeness (QED) is 0.550. The number of amides is 1. The predicted octanol–water partition coefficient (Wildman–Crippen LogP) is 5.64. The van der Waals surface area contributed by atoms with E-state index in [0.29, 0.717) is 23.9 Å². The lowest BCUT2D eigenvalue weighted by molar-refractivity contribution is 0.0946. The molecule has 1 aliphatic rings. The van der Waals surface area contributed by atoms with Crippen LogP contribution in [-0.2, 0) is 6.42 Å². The molecule has 0 bridgehead atoms. The first-order valence-electron chi connectivity index (χ1n) is 9.89. The third-order valence-corrected chi connectivity index (χ3v) is 7.72. The molecule has 0 fully saturated rings. The molecule has 1 amide bonds. The van der Waals surface area contributed by atoms with E-state index >= 15 is 0 Å². The van der Waals surface area contributed by atoms with Crippen molar-refractivity contribution >= 4 is 40.6 Å². The fraction of sp³-hybridized carbons (Fsp3) is 0.304. The normalized spacial score (nSPS) is 15.4. The van der Waals surface area contributed by atoms with Crippen LogP contribution in [-0.4, -0.2) is 17.0 Å². The van der Waals surface area contributed by atoms with Gasteiger partial charge < -0.3 is 9.88 Å². The Labute approximate surface area is 189 Å². The van der Waals surface area contributed by atoms with Crippen molar-refractivity contribution in [3.05, 3.63) is 78.9 Å². The van der Waals surface area contributed by atoms with E-state index in [9.17, 15) is 9.59 Å². The van der Waals surface area contributed by atoms with Gasteiger partial charge in [0, 0.05) is 50.5 Å². The molecule has 1 unspecified atom stereocenters. The van der Waals surface area contributed by atoms with Crippen LogP contribution >= 0.6 is 34.7 Å². The van der Waals surface area contributed by atoms with E-state index in [-0.39, 0.29) is 22.1 Å². The highest BCUT2D eigenvalue weighted by Crippen LogP contribution is 2.46. The van der Waals surface area contributed by atoms with E-state index in [0.717, 1.165) is 22.0 Å². The lowest BCUT2D eigenvalue weighted by Crippen LogP contribution is -2.34. The molecule has 1 aliphatic heterocycles. The van der Waals surface area contributed by atoms with Gasteiger partial charge in [0.25, 0.3) is 5.91 Å². The SMILES string of the molecule is Cc1cc(=O)c(C(=O)NCC(C)C)c2n1-c1ccc(Cl)cc1SC(c1cccs1)C2. The number of aryl methyl sites for hydroxylation is 1. The summed E-state index contributed by atoms with van der Waals surface area (Å²) in [5, 5.41) is 5.75. The van der Waals surface area contributed by atoms with Gasteiger partial charge in [-0.05, 0) is 42.5 Å². The number of nitrogens with zero attached hydrogens (tertiary/aromatic N) is 1. The monoisotopic (exact) mass is 458 g/mol. The van der Waals surface area contributed by atoms with Gasteiger partial charge in [-0.2, -0.15) is 0 Å². The Morgan fingerprint density at radius 2 is 2.10 bits per heavy atom. The zero-order valence-electron chi connectivity index (χ0n) is 17.1. The summed E-state index contributed by atoms with van der Waals surface area (Å²) >= 11 is 9.73. The van der Waals surface area contributed by atoms with Crippen molar-refractivity contribution in [2.45, 2.75) is 37.3 Å². The number of nitrogens with one attached hydrogen (secondary N) is 1. The van der Waals surface area contributed by atoms with Crippen molar-refractivity contribution in [2.24, 2.45) is 5.92 Å². The molecule has 1 N–H and O–H groups in total. The number of thiophene rings is 1. The molecule has 1 aromatic carbocycles. The van der Waals surface area contributed by atoms with Crippen LogP contribution in [0.5, 0.6) is 0 Å². The highest BCUT2D eigenvalue weighted by molar-refractivity contribution is 7.99. The summed E-state index contributed by atoms with van der Waals surface area (Å²) < 4.78 is 2.05. The van der Waals surface area contributed by atoms with Crippen LogP contribution in [0.1, 0.15) is 45.7 Å². The zero-order valence-corrected chi connectivity index (χ0v) is 19.5. The molecule has 4 nitrogen and oxygen atoms in total. The molecular weight excluding hydrogens is 436 g/mol. The molecule has 0 saturated heterocycles. The molecule has 4 rings (SSSR count). The first-order chi connectivity index (χ1) is 14.3. The Bertz CT molecular complexity index is 1150. The fourth-order valence-corrected chi connectivity index (χ4v) is 6.19. The molecule has 156 valence electrons. The molecule has 30 heavy (non-hydrogen) atoms. The number of carbonyl (C=O) groups is 1. The van der Waals surface area contributed by atoms with E-state index < -0.39 is 0 Å². The van der Waals surface area contributed by atoms with Crippen LogP contribution in [0.2, 0.25) is 5.02 Å².